The van der Waals surface area contributed by atoms with Gasteiger partial charge in [-0.1, -0.05) is 11.6 Å². The lowest BCUT2D eigenvalue weighted by atomic mass is 10.4. The Morgan fingerprint density at radius 1 is 1.41 bits per heavy atom. The molecule has 0 saturated heterocycles. The Balaban J connectivity index is 2.37. The smallest absolute Gasteiger partial charge is 0.268 e. The molecule has 0 spiro atoms. The SMILES string of the molecule is CCn1cncc1Cn1cnc(Cl)c(I)c1=O. The lowest BCUT2D eigenvalue weighted by Crippen LogP contribution is -2.24. The second kappa shape index (κ2) is 5.18. The minimum atomic E-state index is -0.130. The van der Waals surface area contributed by atoms with Crippen LogP contribution in [0.1, 0.15) is 12.6 Å². The molecule has 0 aliphatic carbocycles. The summed E-state index contributed by atoms with van der Waals surface area (Å²) in [5.41, 5.74) is 0.837. The molecule has 0 bridgehead atoms. The minimum Gasteiger partial charge on any atom is -0.333 e. The average Bonchev–Trinajstić information content (AvgIpc) is 2.77. The van der Waals surface area contributed by atoms with Crippen LogP contribution in [0, 0.1) is 3.57 Å². The van der Waals surface area contributed by atoms with E-state index >= 15 is 0 Å². The van der Waals surface area contributed by atoms with Gasteiger partial charge in [0, 0.05) is 12.7 Å². The Hall–Kier alpha value is -0.890. The summed E-state index contributed by atoms with van der Waals surface area (Å²) in [7, 11) is 0. The molecule has 0 unspecified atom stereocenters. The molecule has 0 N–H and O–H groups in total. The molecule has 2 aromatic rings. The summed E-state index contributed by atoms with van der Waals surface area (Å²) in [6.45, 7) is 3.30. The Morgan fingerprint density at radius 2 is 2.18 bits per heavy atom. The van der Waals surface area contributed by atoms with Crippen molar-refractivity contribution in [2.75, 3.05) is 0 Å². The molecule has 17 heavy (non-hydrogen) atoms. The molecule has 2 rings (SSSR count). The van der Waals surface area contributed by atoms with Crippen LogP contribution in [0.15, 0.2) is 23.6 Å². The van der Waals surface area contributed by atoms with Gasteiger partial charge in [0.15, 0.2) is 0 Å². The van der Waals surface area contributed by atoms with Crippen LogP contribution in [0.5, 0.6) is 0 Å². The van der Waals surface area contributed by atoms with Crippen molar-refractivity contribution in [1.82, 2.24) is 19.1 Å². The van der Waals surface area contributed by atoms with E-state index in [2.05, 4.69) is 9.97 Å². The Bertz CT molecular complexity index is 592. The van der Waals surface area contributed by atoms with Crippen LogP contribution in [0.4, 0.5) is 0 Å². The first-order valence-electron chi connectivity index (χ1n) is 5.03. The van der Waals surface area contributed by atoms with Gasteiger partial charge in [0.25, 0.3) is 5.56 Å². The van der Waals surface area contributed by atoms with Crippen molar-refractivity contribution in [3.05, 3.63) is 43.6 Å². The second-order valence-corrected chi connectivity index (χ2v) is 4.89. The van der Waals surface area contributed by atoms with E-state index in [0.29, 0.717) is 10.1 Å². The highest BCUT2D eigenvalue weighted by Gasteiger charge is 2.08. The largest absolute Gasteiger partial charge is 0.333 e. The first kappa shape index (κ1) is 12.6. The molecule has 90 valence electrons. The first-order valence-corrected chi connectivity index (χ1v) is 6.48. The van der Waals surface area contributed by atoms with Crippen molar-refractivity contribution in [2.45, 2.75) is 20.0 Å². The molecule has 0 amide bonds. The standard InChI is InChI=1S/C10H10ClIN4O/c1-2-15-5-13-3-7(15)4-16-6-14-9(11)8(12)10(16)17/h3,5-6H,2,4H2,1H3. The van der Waals surface area contributed by atoms with Gasteiger partial charge in [-0.15, -0.1) is 0 Å². The van der Waals surface area contributed by atoms with Crippen LogP contribution in [0.3, 0.4) is 0 Å². The average molecular weight is 365 g/mol. The van der Waals surface area contributed by atoms with Gasteiger partial charge in [0.2, 0.25) is 0 Å². The number of aromatic nitrogens is 4. The molecule has 2 heterocycles. The fourth-order valence-electron chi connectivity index (χ4n) is 1.50. The molecular formula is C10H10ClIN4O. The summed E-state index contributed by atoms with van der Waals surface area (Å²) >= 11 is 7.68. The zero-order valence-corrected chi connectivity index (χ0v) is 12.0. The third-order valence-corrected chi connectivity index (χ3v) is 3.99. The third kappa shape index (κ3) is 2.52. The molecular weight excluding hydrogens is 354 g/mol. The van der Waals surface area contributed by atoms with Gasteiger partial charge in [0.05, 0.1) is 24.9 Å². The van der Waals surface area contributed by atoms with Gasteiger partial charge in [0.1, 0.15) is 8.72 Å². The molecule has 0 aliphatic heterocycles. The number of aryl methyl sites for hydroxylation is 1. The van der Waals surface area contributed by atoms with Gasteiger partial charge in [-0.3, -0.25) is 9.36 Å². The number of rotatable bonds is 3. The maximum Gasteiger partial charge on any atom is 0.268 e. The van der Waals surface area contributed by atoms with Crippen LogP contribution < -0.4 is 5.56 Å². The highest BCUT2D eigenvalue weighted by Crippen LogP contribution is 2.10. The zero-order chi connectivity index (χ0) is 12.4. The molecule has 0 atom stereocenters. The van der Waals surface area contributed by atoms with E-state index in [1.807, 2.05) is 34.1 Å². The van der Waals surface area contributed by atoms with Crippen molar-refractivity contribution >= 4 is 34.2 Å². The Morgan fingerprint density at radius 3 is 2.88 bits per heavy atom. The van der Waals surface area contributed by atoms with E-state index in [1.54, 1.807) is 12.5 Å². The molecule has 0 aromatic carbocycles. The lowest BCUT2D eigenvalue weighted by molar-refractivity contribution is 0.646. The number of halogens is 2. The van der Waals surface area contributed by atoms with Gasteiger partial charge in [-0.25, -0.2) is 9.97 Å². The monoisotopic (exact) mass is 364 g/mol. The first-order chi connectivity index (χ1) is 8.13. The summed E-state index contributed by atoms with van der Waals surface area (Å²) in [6.07, 6.45) is 4.95. The fraction of sp³-hybridized carbons (Fsp3) is 0.300. The molecule has 5 nitrogen and oxygen atoms in total. The summed E-state index contributed by atoms with van der Waals surface area (Å²) in [5.74, 6) is 0. The zero-order valence-electron chi connectivity index (χ0n) is 9.10. The predicted molar refractivity (Wildman–Crippen MR) is 73.2 cm³/mol. The molecule has 0 aliphatic rings. The predicted octanol–water partition coefficient (Wildman–Crippen LogP) is 1.77. The lowest BCUT2D eigenvalue weighted by Gasteiger charge is -2.08. The number of hydrogen-bond donors (Lipinski definition) is 0. The van der Waals surface area contributed by atoms with E-state index in [1.165, 1.54) is 10.9 Å². The molecule has 0 fully saturated rings. The number of hydrogen-bond acceptors (Lipinski definition) is 3. The van der Waals surface area contributed by atoms with Crippen LogP contribution >= 0.6 is 34.2 Å². The van der Waals surface area contributed by atoms with Crippen LogP contribution in [0.25, 0.3) is 0 Å². The van der Waals surface area contributed by atoms with E-state index in [4.69, 9.17) is 11.6 Å². The summed E-state index contributed by atoms with van der Waals surface area (Å²) in [6, 6.07) is 0. The Kier molecular flexibility index (Phi) is 3.82. The molecule has 7 heteroatoms. The second-order valence-electron chi connectivity index (χ2n) is 3.45. The quantitative estimate of drug-likeness (QED) is 0.616. The van der Waals surface area contributed by atoms with E-state index in [0.717, 1.165) is 12.2 Å². The highest BCUT2D eigenvalue weighted by atomic mass is 127. The fourth-order valence-corrected chi connectivity index (χ4v) is 2.07. The topological polar surface area (TPSA) is 52.7 Å². The van der Waals surface area contributed by atoms with Gasteiger partial charge >= 0.3 is 0 Å². The summed E-state index contributed by atoms with van der Waals surface area (Å²) < 4.78 is 3.94. The van der Waals surface area contributed by atoms with Crippen molar-refractivity contribution in [3.63, 3.8) is 0 Å². The molecule has 2 aromatic heterocycles. The van der Waals surface area contributed by atoms with Gasteiger partial charge in [-0.05, 0) is 29.5 Å². The molecule has 0 saturated carbocycles. The number of imidazole rings is 1. The van der Waals surface area contributed by atoms with Crippen molar-refractivity contribution in [1.29, 1.82) is 0 Å². The summed E-state index contributed by atoms with van der Waals surface area (Å²) in [4.78, 5) is 19.9. The van der Waals surface area contributed by atoms with Crippen molar-refractivity contribution in [3.8, 4) is 0 Å². The summed E-state index contributed by atoms with van der Waals surface area (Å²) in [5, 5.41) is 0.246. The minimum absolute atomic E-state index is 0.130. The third-order valence-electron chi connectivity index (χ3n) is 2.41. The van der Waals surface area contributed by atoms with Crippen LogP contribution in [0.2, 0.25) is 5.15 Å². The number of nitrogens with zero attached hydrogens (tertiary/aromatic N) is 4. The maximum absolute atomic E-state index is 11.9. The van der Waals surface area contributed by atoms with Crippen LogP contribution in [-0.4, -0.2) is 19.1 Å². The maximum atomic E-state index is 11.9. The highest BCUT2D eigenvalue weighted by molar-refractivity contribution is 14.1. The van der Waals surface area contributed by atoms with E-state index in [9.17, 15) is 4.79 Å². The normalized spacial score (nSPS) is 10.8. The van der Waals surface area contributed by atoms with E-state index < -0.39 is 0 Å². The van der Waals surface area contributed by atoms with E-state index in [-0.39, 0.29) is 10.7 Å². The molecule has 0 radical (unpaired) electrons. The van der Waals surface area contributed by atoms with Crippen molar-refractivity contribution < 1.29 is 0 Å². The van der Waals surface area contributed by atoms with Crippen LogP contribution in [-0.2, 0) is 13.1 Å². The van der Waals surface area contributed by atoms with Crippen molar-refractivity contribution in [2.24, 2.45) is 0 Å². The Labute approximate surface area is 117 Å². The van der Waals surface area contributed by atoms with Gasteiger partial charge in [-0.2, -0.15) is 0 Å². The van der Waals surface area contributed by atoms with Gasteiger partial charge < -0.3 is 4.57 Å².